The lowest BCUT2D eigenvalue weighted by atomic mass is 10.2. The van der Waals surface area contributed by atoms with Gasteiger partial charge in [0.25, 0.3) is 15.0 Å². The van der Waals surface area contributed by atoms with E-state index in [9.17, 15) is 13.2 Å². The van der Waals surface area contributed by atoms with Crippen LogP contribution >= 0.6 is 33.9 Å². The van der Waals surface area contributed by atoms with E-state index in [-0.39, 0.29) is 26.4 Å². The van der Waals surface area contributed by atoms with Crippen molar-refractivity contribution in [3.05, 3.63) is 27.7 Å². The maximum absolute atomic E-state index is 12.5. The fourth-order valence-electron chi connectivity index (χ4n) is 2.04. The lowest BCUT2D eigenvalue weighted by Gasteiger charge is -2.21. The molecule has 1 aliphatic carbocycles. The smallest absolute Gasteiger partial charge is 0.262 e. The zero-order chi connectivity index (χ0) is 15.8. The highest BCUT2D eigenvalue weighted by molar-refractivity contribution is 8.13. The lowest BCUT2D eigenvalue weighted by Crippen LogP contribution is -2.33. The minimum Gasteiger partial charge on any atom is -0.339 e. The van der Waals surface area contributed by atoms with E-state index in [0.717, 1.165) is 18.9 Å². The van der Waals surface area contributed by atoms with Crippen molar-refractivity contribution < 1.29 is 13.2 Å². The highest BCUT2D eigenvalue weighted by atomic mass is 35.7. The first-order valence-electron chi connectivity index (χ1n) is 6.47. The van der Waals surface area contributed by atoms with Gasteiger partial charge in [0.15, 0.2) is 0 Å². The van der Waals surface area contributed by atoms with Crippen LogP contribution in [-0.2, 0) is 9.05 Å². The molecule has 21 heavy (non-hydrogen) atoms. The van der Waals surface area contributed by atoms with Gasteiger partial charge in [-0.1, -0.05) is 23.2 Å². The van der Waals surface area contributed by atoms with Gasteiger partial charge < -0.3 is 4.90 Å². The standard InChI is InChI=1S/C13H14Cl3NO3S/c1-2-17(7-8-3-4-8)13(18)10-5-9(14)6-11(12(10)15)21(16,19)20/h5-6,8H,2-4,7H2,1H3. The Morgan fingerprint density at radius 3 is 2.43 bits per heavy atom. The molecule has 4 nitrogen and oxygen atoms in total. The summed E-state index contributed by atoms with van der Waals surface area (Å²) in [7, 11) is 1.25. The maximum Gasteiger partial charge on any atom is 0.262 e. The van der Waals surface area contributed by atoms with E-state index in [4.69, 9.17) is 33.9 Å². The second-order valence-electron chi connectivity index (χ2n) is 4.99. The molecule has 0 heterocycles. The van der Waals surface area contributed by atoms with Crippen molar-refractivity contribution in [2.24, 2.45) is 5.92 Å². The number of halogens is 3. The van der Waals surface area contributed by atoms with E-state index in [1.54, 1.807) is 4.90 Å². The van der Waals surface area contributed by atoms with Crippen LogP contribution in [0, 0.1) is 5.92 Å². The van der Waals surface area contributed by atoms with Gasteiger partial charge in [-0.3, -0.25) is 4.79 Å². The SMILES string of the molecule is CCN(CC1CC1)C(=O)c1cc(Cl)cc(S(=O)(=O)Cl)c1Cl. The summed E-state index contributed by atoms with van der Waals surface area (Å²) in [6, 6.07) is 2.51. The van der Waals surface area contributed by atoms with Gasteiger partial charge in [-0.2, -0.15) is 0 Å². The van der Waals surface area contributed by atoms with Crippen LogP contribution in [0.15, 0.2) is 17.0 Å². The van der Waals surface area contributed by atoms with Gasteiger partial charge >= 0.3 is 0 Å². The number of hydrogen-bond acceptors (Lipinski definition) is 3. The van der Waals surface area contributed by atoms with E-state index < -0.39 is 9.05 Å². The number of carbonyl (C=O) groups excluding carboxylic acids is 1. The summed E-state index contributed by atoms with van der Waals surface area (Å²) in [5.41, 5.74) is 0.0610. The van der Waals surface area contributed by atoms with Crippen LogP contribution in [0.3, 0.4) is 0 Å². The molecular weight excluding hydrogens is 357 g/mol. The van der Waals surface area contributed by atoms with E-state index in [0.29, 0.717) is 19.0 Å². The Balaban J connectivity index is 2.42. The molecular formula is C13H14Cl3NO3S. The van der Waals surface area contributed by atoms with Crippen LogP contribution in [0.25, 0.3) is 0 Å². The molecule has 8 heteroatoms. The Morgan fingerprint density at radius 1 is 1.33 bits per heavy atom. The Kier molecular flexibility index (Phi) is 5.08. The van der Waals surface area contributed by atoms with Crippen molar-refractivity contribution in [3.8, 4) is 0 Å². The molecule has 2 rings (SSSR count). The molecule has 1 saturated carbocycles. The van der Waals surface area contributed by atoms with Gasteiger partial charge in [0, 0.05) is 28.8 Å². The van der Waals surface area contributed by atoms with Crippen LogP contribution in [-0.4, -0.2) is 32.3 Å². The molecule has 116 valence electrons. The number of rotatable bonds is 5. The van der Waals surface area contributed by atoms with E-state index >= 15 is 0 Å². The molecule has 0 aromatic heterocycles. The minimum absolute atomic E-state index is 0.0610. The quantitative estimate of drug-likeness (QED) is 0.741. The van der Waals surface area contributed by atoms with Gasteiger partial charge in [-0.05, 0) is 37.8 Å². The van der Waals surface area contributed by atoms with Gasteiger partial charge in [0.2, 0.25) is 0 Å². The first-order chi connectivity index (χ1) is 9.74. The van der Waals surface area contributed by atoms with Crippen molar-refractivity contribution >= 4 is 48.8 Å². The first kappa shape index (κ1) is 16.9. The predicted octanol–water partition coefficient (Wildman–Crippen LogP) is 3.79. The monoisotopic (exact) mass is 369 g/mol. The fraction of sp³-hybridized carbons (Fsp3) is 0.462. The van der Waals surface area contributed by atoms with E-state index in [1.807, 2.05) is 6.92 Å². The summed E-state index contributed by atoms with van der Waals surface area (Å²) in [5, 5.41) is -0.0851. The summed E-state index contributed by atoms with van der Waals surface area (Å²) in [4.78, 5) is 13.8. The molecule has 0 atom stereocenters. The molecule has 0 N–H and O–H groups in total. The van der Waals surface area contributed by atoms with E-state index in [2.05, 4.69) is 0 Å². The van der Waals surface area contributed by atoms with E-state index in [1.165, 1.54) is 6.07 Å². The highest BCUT2D eigenvalue weighted by Crippen LogP contribution is 2.34. The van der Waals surface area contributed by atoms with Crippen molar-refractivity contribution in [2.45, 2.75) is 24.7 Å². The van der Waals surface area contributed by atoms with Gasteiger partial charge in [0.1, 0.15) is 4.90 Å². The summed E-state index contributed by atoms with van der Waals surface area (Å²) in [6.07, 6.45) is 2.21. The minimum atomic E-state index is -4.07. The molecule has 0 unspecified atom stereocenters. The van der Waals surface area contributed by atoms with Crippen molar-refractivity contribution in [1.82, 2.24) is 4.90 Å². The molecule has 1 amide bonds. The fourth-order valence-corrected chi connectivity index (χ4v) is 3.89. The van der Waals surface area contributed by atoms with Crippen LogP contribution in [0.4, 0.5) is 0 Å². The molecule has 1 aromatic rings. The van der Waals surface area contributed by atoms with Crippen LogP contribution in [0.1, 0.15) is 30.1 Å². The normalized spacial score (nSPS) is 15.0. The molecule has 0 bridgehead atoms. The third kappa shape index (κ3) is 4.03. The second kappa shape index (κ2) is 6.32. The first-order valence-corrected chi connectivity index (χ1v) is 9.53. The number of benzene rings is 1. The Labute approximate surface area is 138 Å². The molecule has 0 aliphatic heterocycles. The molecule has 1 fully saturated rings. The number of nitrogens with zero attached hydrogens (tertiary/aromatic N) is 1. The number of hydrogen-bond donors (Lipinski definition) is 0. The van der Waals surface area contributed by atoms with Crippen LogP contribution in [0.2, 0.25) is 10.0 Å². The topological polar surface area (TPSA) is 54.5 Å². The number of carbonyl (C=O) groups is 1. The third-order valence-corrected chi connectivity index (χ3v) is 5.43. The van der Waals surface area contributed by atoms with Crippen molar-refractivity contribution in [3.63, 3.8) is 0 Å². The van der Waals surface area contributed by atoms with Crippen LogP contribution in [0.5, 0.6) is 0 Å². The van der Waals surface area contributed by atoms with Gasteiger partial charge in [-0.15, -0.1) is 0 Å². The number of amides is 1. The Bertz CT molecular complexity index is 671. The third-order valence-electron chi connectivity index (χ3n) is 3.34. The molecule has 1 aromatic carbocycles. The predicted molar refractivity (Wildman–Crippen MR) is 83.8 cm³/mol. The molecule has 0 saturated heterocycles. The zero-order valence-electron chi connectivity index (χ0n) is 11.3. The summed E-state index contributed by atoms with van der Waals surface area (Å²) < 4.78 is 23.0. The van der Waals surface area contributed by atoms with Gasteiger partial charge in [0.05, 0.1) is 10.6 Å². The summed E-state index contributed by atoms with van der Waals surface area (Å²) in [6.45, 7) is 3.01. The maximum atomic E-state index is 12.5. The van der Waals surface area contributed by atoms with Crippen molar-refractivity contribution in [2.75, 3.05) is 13.1 Å². The average Bonchev–Trinajstić information content (AvgIpc) is 3.20. The molecule has 0 spiro atoms. The lowest BCUT2D eigenvalue weighted by molar-refractivity contribution is 0.0757. The summed E-state index contributed by atoms with van der Waals surface area (Å²) in [5.74, 6) is 0.182. The molecule has 0 radical (unpaired) electrons. The largest absolute Gasteiger partial charge is 0.339 e. The highest BCUT2D eigenvalue weighted by Gasteiger charge is 2.29. The van der Waals surface area contributed by atoms with Gasteiger partial charge in [-0.25, -0.2) is 8.42 Å². The Hall–Kier alpha value is -0.490. The van der Waals surface area contributed by atoms with Crippen molar-refractivity contribution in [1.29, 1.82) is 0 Å². The van der Waals surface area contributed by atoms with Crippen LogP contribution < -0.4 is 0 Å². The second-order valence-corrected chi connectivity index (χ2v) is 8.34. The molecule has 1 aliphatic rings. The summed E-state index contributed by atoms with van der Waals surface area (Å²) >= 11 is 11.9. The average molecular weight is 371 g/mol. The zero-order valence-corrected chi connectivity index (χ0v) is 14.4. The Morgan fingerprint density at radius 2 is 1.95 bits per heavy atom.